The van der Waals surface area contributed by atoms with Gasteiger partial charge in [0.2, 0.25) is 0 Å². The van der Waals surface area contributed by atoms with Crippen molar-refractivity contribution in [3.8, 4) is 22.3 Å². The molecule has 268 valence electrons. The standard InChI is InChI=1S/C55H43N/c1-34(2)36-21-26-39(27-22-36)56(40-28-23-37(24-29-40)35(3)4)41-30-32-42-38(33-41)25-31-49-52-47-17-7-5-13-43(47)44-14-6-8-18-48(44)54(52)55(53(42)49)50-19-11-9-15-45(50)46-16-10-12-20-51(46)55/h5-35H,1-4H3. The molecule has 0 aromatic heterocycles. The summed E-state index contributed by atoms with van der Waals surface area (Å²) < 4.78 is 0. The number of hydrogen-bond donors (Lipinski definition) is 0. The van der Waals surface area contributed by atoms with Crippen molar-refractivity contribution in [3.05, 3.63) is 209 Å². The zero-order chi connectivity index (χ0) is 37.7. The van der Waals surface area contributed by atoms with Crippen LogP contribution in [-0.2, 0) is 5.41 Å². The van der Waals surface area contributed by atoms with Crippen LogP contribution in [0.4, 0.5) is 17.1 Å². The maximum atomic E-state index is 2.43. The maximum absolute atomic E-state index is 2.43. The summed E-state index contributed by atoms with van der Waals surface area (Å²) in [5, 5.41) is 7.80. The molecular formula is C55H43N. The smallest absolute Gasteiger partial charge is 0.0737 e. The largest absolute Gasteiger partial charge is 0.310 e. The molecule has 0 amide bonds. The highest BCUT2D eigenvalue weighted by Crippen LogP contribution is 2.66. The van der Waals surface area contributed by atoms with Gasteiger partial charge in [0, 0.05) is 17.1 Å². The van der Waals surface area contributed by atoms with Crippen LogP contribution in [0.2, 0.25) is 0 Å². The van der Waals surface area contributed by atoms with E-state index in [0.717, 1.165) is 17.1 Å². The number of anilines is 3. The Kier molecular flexibility index (Phi) is 7.23. The van der Waals surface area contributed by atoms with Gasteiger partial charge in [0.15, 0.2) is 0 Å². The lowest BCUT2D eigenvalue weighted by Gasteiger charge is -2.33. The highest BCUT2D eigenvalue weighted by molar-refractivity contribution is 6.21. The van der Waals surface area contributed by atoms with Gasteiger partial charge in [-0.15, -0.1) is 0 Å². The molecule has 56 heavy (non-hydrogen) atoms. The summed E-state index contributed by atoms with van der Waals surface area (Å²) >= 11 is 0. The zero-order valence-electron chi connectivity index (χ0n) is 32.3. The normalized spacial score (nSPS) is 13.5. The molecule has 0 fully saturated rings. The topological polar surface area (TPSA) is 3.24 Å². The van der Waals surface area contributed by atoms with Crippen LogP contribution < -0.4 is 4.90 Å². The molecule has 9 aromatic rings. The van der Waals surface area contributed by atoms with Gasteiger partial charge in [-0.2, -0.15) is 0 Å². The van der Waals surface area contributed by atoms with E-state index < -0.39 is 5.41 Å². The monoisotopic (exact) mass is 717 g/mol. The summed E-state index contributed by atoms with van der Waals surface area (Å²) in [6, 6.07) is 66.8. The fourth-order valence-corrected chi connectivity index (χ4v) is 10.2. The van der Waals surface area contributed by atoms with Crippen LogP contribution in [0, 0.1) is 0 Å². The molecule has 11 rings (SSSR count). The van der Waals surface area contributed by atoms with E-state index in [9.17, 15) is 0 Å². The average molecular weight is 718 g/mol. The minimum absolute atomic E-state index is 0.474. The first-order chi connectivity index (χ1) is 27.4. The summed E-state index contributed by atoms with van der Waals surface area (Å²) in [5.74, 6) is 0.948. The van der Waals surface area contributed by atoms with E-state index in [1.54, 1.807) is 0 Å². The summed E-state index contributed by atoms with van der Waals surface area (Å²) in [4.78, 5) is 2.42. The Morgan fingerprint density at radius 3 is 1.43 bits per heavy atom. The maximum Gasteiger partial charge on any atom is 0.0737 e. The van der Waals surface area contributed by atoms with Gasteiger partial charge in [-0.05, 0) is 136 Å². The zero-order valence-corrected chi connectivity index (χ0v) is 32.3. The predicted molar refractivity (Wildman–Crippen MR) is 238 cm³/mol. The fraction of sp³-hybridized carbons (Fsp3) is 0.127. The Hall–Kier alpha value is -6.44. The van der Waals surface area contributed by atoms with Crippen LogP contribution in [-0.4, -0.2) is 0 Å². The van der Waals surface area contributed by atoms with Crippen molar-refractivity contribution in [1.82, 2.24) is 0 Å². The van der Waals surface area contributed by atoms with Crippen LogP contribution in [0.5, 0.6) is 0 Å². The SMILES string of the molecule is CC(C)c1ccc(N(c2ccc(C(C)C)cc2)c2ccc3c4c(ccc3c2)-c2c(c3ccccc3c3ccccc23)C42c3ccccc3-c3ccccc32)cc1. The van der Waals surface area contributed by atoms with Crippen molar-refractivity contribution in [2.24, 2.45) is 0 Å². The summed E-state index contributed by atoms with van der Waals surface area (Å²) in [7, 11) is 0. The molecule has 2 aliphatic rings. The second kappa shape index (κ2) is 12.3. The van der Waals surface area contributed by atoms with Crippen LogP contribution in [0.15, 0.2) is 176 Å². The number of nitrogens with zero attached hydrogens (tertiary/aromatic N) is 1. The summed E-state index contributed by atoms with van der Waals surface area (Å²) in [6.45, 7) is 9.04. The minimum atomic E-state index is -0.485. The number of benzene rings is 9. The molecule has 0 saturated heterocycles. The highest BCUT2D eigenvalue weighted by atomic mass is 15.1. The predicted octanol–water partition coefficient (Wildman–Crippen LogP) is 15.2. The van der Waals surface area contributed by atoms with Crippen molar-refractivity contribution < 1.29 is 0 Å². The number of fused-ring (bicyclic) bond motifs is 17. The Morgan fingerprint density at radius 2 is 0.857 bits per heavy atom. The molecule has 2 aliphatic carbocycles. The van der Waals surface area contributed by atoms with Crippen LogP contribution in [0.3, 0.4) is 0 Å². The van der Waals surface area contributed by atoms with Gasteiger partial charge < -0.3 is 4.90 Å². The molecular weight excluding hydrogens is 675 g/mol. The number of rotatable bonds is 5. The minimum Gasteiger partial charge on any atom is -0.310 e. The van der Waals surface area contributed by atoms with Crippen molar-refractivity contribution in [3.63, 3.8) is 0 Å². The van der Waals surface area contributed by atoms with E-state index >= 15 is 0 Å². The molecule has 0 unspecified atom stereocenters. The van der Waals surface area contributed by atoms with Crippen molar-refractivity contribution in [1.29, 1.82) is 0 Å². The Bertz CT molecular complexity index is 2920. The van der Waals surface area contributed by atoms with Gasteiger partial charge in [0.1, 0.15) is 0 Å². The van der Waals surface area contributed by atoms with Crippen LogP contribution >= 0.6 is 0 Å². The van der Waals surface area contributed by atoms with E-state index in [0.29, 0.717) is 11.8 Å². The van der Waals surface area contributed by atoms with Gasteiger partial charge in [-0.3, -0.25) is 0 Å². The molecule has 0 radical (unpaired) electrons. The van der Waals surface area contributed by atoms with Gasteiger partial charge in [0.25, 0.3) is 0 Å². The van der Waals surface area contributed by atoms with E-state index in [1.807, 2.05) is 0 Å². The van der Waals surface area contributed by atoms with E-state index in [4.69, 9.17) is 0 Å². The second-order valence-electron chi connectivity index (χ2n) is 16.4. The molecule has 0 N–H and O–H groups in total. The van der Waals surface area contributed by atoms with Crippen molar-refractivity contribution in [2.75, 3.05) is 4.90 Å². The highest BCUT2D eigenvalue weighted by Gasteiger charge is 2.53. The number of hydrogen-bond acceptors (Lipinski definition) is 1. The molecule has 0 bridgehead atoms. The quantitative estimate of drug-likeness (QED) is 0.160. The third kappa shape index (κ3) is 4.49. The fourth-order valence-electron chi connectivity index (χ4n) is 10.2. The lowest BCUT2D eigenvalue weighted by molar-refractivity contribution is 0.809. The van der Waals surface area contributed by atoms with E-state index in [-0.39, 0.29) is 0 Å². The Balaban J connectivity index is 1.22. The summed E-state index contributed by atoms with van der Waals surface area (Å²) in [5.41, 5.74) is 16.6. The van der Waals surface area contributed by atoms with Crippen LogP contribution in [0.25, 0.3) is 54.6 Å². The average Bonchev–Trinajstić information content (AvgIpc) is 3.72. The first-order valence-electron chi connectivity index (χ1n) is 20.2. The Labute approximate surface area is 329 Å². The third-order valence-corrected chi connectivity index (χ3v) is 12.8. The van der Waals surface area contributed by atoms with Crippen molar-refractivity contribution >= 4 is 49.4 Å². The lowest BCUT2D eigenvalue weighted by Crippen LogP contribution is -2.26. The molecule has 1 spiro atoms. The summed E-state index contributed by atoms with van der Waals surface area (Å²) in [6.07, 6.45) is 0. The third-order valence-electron chi connectivity index (χ3n) is 12.8. The van der Waals surface area contributed by atoms with Crippen LogP contribution in [0.1, 0.15) is 72.9 Å². The molecule has 1 nitrogen and oxygen atoms in total. The van der Waals surface area contributed by atoms with Crippen molar-refractivity contribution in [2.45, 2.75) is 44.9 Å². The molecule has 1 heteroatoms. The first kappa shape index (κ1) is 32.9. The van der Waals surface area contributed by atoms with E-state index in [1.165, 1.54) is 88.0 Å². The van der Waals surface area contributed by atoms with E-state index in [2.05, 4.69) is 209 Å². The molecule has 0 aliphatic heterocycles. The first-order valence-corrected chi connectivity index (χ1v) is 20.2. The van der Waals surface area contributed by atoms with Gasteiger partial charge >= 0.3 is 0 Å². The van der Waals surface area contributed by atoms with Gasteiger partial charge in [-0.25, -0.2) is 0 Å². The molecule has 9 aromatic carbocycles. The lowest BCUT2D eigenvalue weighted by atomic mass is 9.68. The van der Waals surface area contributed by atoms with Gasteiger partial charge in [-0.1, -0.05) is 167 Å². The molecule has 0 heterocycles. The molecule has 0 saturated carbocycles. The van der Waals surface area contributed by atoms with Gasteiger partial charge in [0.05, 0.1) is 5.41 Å². The Morgan fingerprint density at radius 1 is 0.375 bits per heavy atom. The second-order valence-corrected chi connectivity index (χ2v) is 16.4. The molecule has 0 atom stereocenters.